The minimum absolute atomic E-state index is 0.0115. The first kappa shape index (κ1) is 17.5. The molecular weight excluding hydrogens is 363 g/mol. The van der Waals surface area contributed by atoms with Crippen LogP contribution in [0.3, 0.4) is 0 Å². The Kier molecular flexibility index (Phi) is 4.07. The van der Waals surface area contributed by atoms with Crippen LogP contribution >= 0.6 is 11.3 Å². The van der Waals surface area contributed by atoms with Crippen molar-refractivity contribution in [3.63, 3.8) is 0 Å². The van der Waals surface area contributed by atoms with Gasteiger partial charge in [-0.25, -0.2) is 4.98 Å². The number of thiazole rings is 1. The fourth-order valence-electron chi connectivity index (χ4n) is 3.81. The Morgan fingerprint density at radius 3 is 2.85 bits per heavy atom. The lowest BCUT2D eigenvalue weighted by Crippen LogP contribution is -2.42. The lowest BCUT2D eigenvalue weighted by molar-refractivity contribution is -0.137. The number of amides is 1. The Labute approximate surface area is 152 Å². The van der Waals surface area contributed by atoms with Crippen LogP contribution in [0.15, 0.2) is 24.3 Å². The number of aryl methyl sites for hydroxylation is 1. The number of piperidine rings is 1. The quantitative estimate of drug-likeness (QED) is 0.882. The van der Waals surface area contributed by atoms with E-state index in [9.17, 15) is 18.0 Å². The number of hydrogen-bond acceptors (Lipinski definition) is 4. The van der Waals surface area contributed by atoms with Gasteiger partial charge < -0.3 is 10.6 Å². The highest BCUT2D eigenvalue weighted by atomic mass is 32.1. The molecule has 1 saturated carbocycles. The topological polar surface area (TPSA) is 59.2 Å². The molecule has 0 unspecified atom stereocenters. The lowest BCUT2D eigenvalue weighted by Gasteiger charge is -2.26. The maximum atomic E-state index is 13.1. The number of halogens is 3. The van der Waals surface area contributed by atoms with Crippen LogP contribution in [0.4, 0.5) is 13.2 Å². The van der Waals surface area contributed by atoms with Crippen LogP contribution in [-0.4, -0.2) is 34.4 Å². The van der Waals surface area contributed by atoms with Gasteiger partial charge in [0.1, 0.15) is 5.69 Å². The van der Waals surface area contributed by atoms with E-state index in [2.05, 4.69) is 4.98 Å². The van der Waals surface area contributed by atoms with E-state index in [1.165, 1.54) is 17.4 Å². The molecule has 2 N–H and O–H groups in total. The molecule has 2 aromatic rings. The zero-order chi connectivity index (χ0) is 18.6. The summed E-state index contributed by atoms with van der Waals surface area (Å²) >= 11 is 1.24. The van der Waals surface area contributed by atoms with Crippen molar-refractivity contribution < 1.29 is 18.0 Å². The molecule has 4 rings (SSSR count). The Morgan fingerprint density at radius 2 is 2.15 bits per heavy atom. The summed E-state index contributed by atoms with van der Waals surface area (Å²) in [6.45, 7) is 2.14. The van der Waals surface area contributed by atoms with Crippen LogP contribution in [0.5, 0.6) is 0 Å². The second-order valence-electron chi connectivity index (χ2n) is 6.89. The van der Waals surface area contributed by atoms with Gasteiger partial charge in [-0.3, -0.25) is 4.79 Å². The molecule has 2 heterocycles. The predicted octanol–water partition coefficient (Wildman–Crippen LogP) is 3.70. The number of fused-ring (bicyclic) bond motifs is 1. The van der Waals surface area contributed by atoms with E-state index in [1.54, 1.807) is 17.9 Å². The molecule has 1 aliphatic heterocycles. The van der Waals surface area contributed by atoms with Crippen molar-refractivity contribution in [3.05, 3.63) is 40.5 Å². The third-order valence-corrected chi connectivity index (χ3v) is 6.13. The Balaban J connectivity index is 1.73. The van der Waals surface area contributed by atoms with E-state index < -0.39 is 11.7 Å². The number of nitrogens with two attached hydrogens (primary N) is 1. The van der Waals surface area contributed by atoms with E-state index in [-0.39, 0.29) is 23.7 Å². The Morgan fingerprint density at radius 1 is 1.38 bits per heavy atom. The molecule has 3 atom stereocenters. The molecular formula is C18H18F3N3OS. The zero-order valence-electron chi connectivity index (χ0n) is 14.1. The number of carbonyl (C=O) groups excluding carboxylic acids is 1. The van der Waals surface area contributed by atoms with E-state index in [4.69, 9.17) is 5.73 Å². The highest BCUT2D eigenvalue weighted by Gasteiger charge is 2.54. The SMILES string of the molecule is Cc1nc(C(=O)N2[C@H](CN)C[C@@H]3C[C@@H]32)c(-c2cccc(C(F)(F)F)c2)s1. The number of hydrogen-bond donors (Lipinski definition) is 1. The van der Waals surface area contributed by atoms with E-state index in [0.717, 1.165) is 25.0 Å². The first-order valence-corrected chi connectivity index (χ1v) is 9.29. The summed E-state index contributed by atoms with van der Waals surface area (Å²) in [5.41, 5.74) is 5.67. The van der Waals surface area contributed by atoms with Crippen molar-refractivity contribution in [3.8, 4) is 10.4 Å². The summed E-state index contributed by atoms with van der Waals surface area (Å²) < 4.78 is 39.1. The van der Waals surface area contributed by atoms with Gasteiger partial charge in [0.05, 0.1) is 15.4 Å². The molecule has 26 heavy (non-hydrogen) atoms. The van der Waals surface area contributed by atoms with Crippen molar-refractivity contribution in [2.75, 3.05) is 6.54 Å². The summed E-state index contributed by atoms with van der Waals surface area (Å²) in [6.07, 6.45) is -2.56. The van der Waals surface area contributed by atoms with Gasteiger partial charge in [-0.1, -0.05) is 12.1 Å². The number of nitrogens with zero attached hydrogens (tertiary/aromatic N) is 2. The van der Waals surface area contributed by atoms with Crippen molar-refractivity contribution >= 4 is 17.2 Å². The second-order valence-corrected chi connectivity index (χ2v) is 8.09. The summed E-state index contributed by atoms with van der Waals surface area (Å²) in [5.74, 6) is 0.284. The molecule has 1 saturated heterocycles. The number of rotatable bonds is 3. The van der Waals surface area contributed by atoms with Crippen molar-refractivity contribution in [2.45, 2.75) is 38.0 Å². The third kappa shape index (κ3) is 2.91. The first-order chi connectivity index (χ1) is 12.3. The molecule has 138 valence electrons. The van der Waals surface area contributed by atoms with Gasteiger partial charge in [0.2, 0.25) is 0 Å². The van der Waals surface area contributed by atoms with Crippen LogP contribution in [0, 0.1) is 12.8 Å². The Hall–Kier alpha value is -1.93. The van der Waals surface area contributed by atoms with Crippen LogP contribution in [0.1, 0.15) is 33.9 Å². The first-order valence-electron chi connectivity index (χ1n) is 8.47. The summed E-state index contributed by atoms with van der Waals surface area (Å²) in [6, 6.07) is 5.24. The van der Waals surface area contributed by atoms with E-state index in [0.29, 0.717) is 27.9 Å². The average Bonchev–Trinajstić information content (AvgIpc) is 3.09. The normalized spacial score (nSPS) is 24.7. The van der Waals surface area contributed by atoms with Gasteiger partial charge in [-0.15, -0.1) is 11.3 Å². The number of benzene rings is 1. The summed E-state index contributed by atoms with van der Waals surface area (Å²) in [5, 5.41) is 0.650. The molecule has 1 amide bonds. The number of carbonyl (C=O) groups is 1. The van der Waals surface area contributed by atoms with Crippen LogP contribution in [0.25, 0.3) is 10.4 Å². The predicted molar refractivity (Wildman–Crippen MR) is 92.8 cm³/mol. The highest BCUT2D eigenvalue weighted by molar-refractivity contribution is 7.15. The summed E-state index contributed by atoms with van der Waals surface area (Å²) in [7, 11) is 0. The molecule has 2 fully saturated rings. The molecule has 1 aromatic heterocycles. The van der Waals surface area contributed by atoms with Crippen LogP contribution < -0.4 is 5.73 Å². The fraction of sp³-hybridized carbons (Fsp3) is 0.444. The van der Waals surface area contributed by atoms with Gasteiger partial charge in [0.25, 0.3) is 5.91 Å². The second kappa shape index (κ2) is 6.06. The van der Waals surface area contributed by atoms with Crippen molar-refractivity contribution in [1.82, 2.24) is 9.88 Å². The smallest absolute Gasteiger partial charge is 0.330 e. The molecule has 1 aliphatic carbocycles. The number of alkyl halides is 3. The van der Waals surface area contributed by atoms with Gasteiger partial charge in [-0.2, -0.15) is 13.2 Å². The molecule has 0 bridgehead atoms. The third-order valence-electron chi connectivity index (χ3n) is 5.11. The van der Waals surface area contributed by atoms with Gasteiger partial charge in [0.15, 0.2) is 0 Å². The minimum Gasteiger partial charge on any atom is -0.330 e. The number of likely N-dealkylation sites (tertiary alicyclic amines) is 1. The van der Waals surface area contributed by atoms with Crippen molar-refractivity contribution in [2.24, 2.45) is 11.7 Å². The van der Waals surface area contributed by atoms with E-state index in [1.807, 2.05) is 0 Å². The summed E-state index contributed by atoms with van der Waals surface area (Å²) in [4.78, 5) is 19.8. The van der Waals surface area contributed by atoms with Crippen LogP contribution in [0.2, 0.25) is 0 Å². The van der Waals surface area contributed by atoms with Crippen LogP contribution in [-0.2, 0) is 6.18 Å². The minimum atomic E-state index is -4.43. The zero-order valence-corrected chi connectivity index (χ0v) is 14.9. The lowest BCUT2D eigenvalue weighted by atomic mass is 10.1. The Bertz CT molecular complexity index is 864. The van der Waals surface area contributed by atoms with Gasteiger partial charge in [0, 0.05) is 18.6 Å². The number of aromatic nitrogens is 1. The maximum Gasteiger partial charge on any atom is 0.416 e. The standard InChI is InChI=1S/C18H18F3N3OS/c1-9-23-15(17(25)24-13(8-22)6-11-7-14(11)24)16(26-9)10-3-2-4-12(5-10)18(19,20)21/h2-5,11,13-14H,6-8,22H2,1H3/t11-,13+,14+/m1/s1. The molecule has 2 aliphatic rings. The average molecular weight is 381 g/mol. The molecule has 0 spiro atoms. The highest BCUT2D eigenvalue weighted by Crippen LogP contribution is 2.48. The molecule has 4 nitrogen and oxygen atoms in total. The molecule has 1 aromatic carbocycles. The molecule has 8 heteroatoms. The van der Waals surface area contributed by atoms with Gasteiger partial charge in [-0.05, 0) is 43.4 Å². The fourth-order valence-corrected chi connectivity index (χ4v) is 4.72. The maximum absolute atomic E-state index is 13.1. The molecule has 0 radical (unpaired) electrons. The monoisotopic (exact) mass is 381 g/mol. The largest absolute Gasteiger partial charge is 0.416 e. The van der Waals surface area contributed by atoms with Gasteiger partial charge >= 0.3 is 6.18 Å². The van der Waals surface area contributed by atoms with Crippen molar-refractivity contribution in [1.29, 1.82) is 0 Å². The van der Waals surface area contributed by atoms with E-state index >= 15 is 0 Å².